The average Bonchev–Trinajstić information content (AvgIpc) is 2.95. The summed E-state index contributed by atoms with van der Waals surface area (Å²) in [5.41, 5.74) is 0.273. The van der Waals surface area contributed by atoms with Gasteiger partial charge in [0.05, 0.1) is 0 Å². The van der Waals surface area contributed by atoms with Crippen LogP contribution in [0.3, 0.4) is 0 Å². The van der Waals surface area contributed by atoms with Gasteiger partial charge in [-0.2, -0.15) is 24.7 Å². The third-order valence-electron chi connectivity index (χ3n) is 2.40. The molecule has 0 amide bonds. The Hall–Kier alpha value is -2.48. The molecule has 2 aromatic heterocycles. The van der Waals surface area contributed by atoms with Crippen LogP contribution in [0.15, 0.2) is 30.9 Å². The lowest BCUT2D eigenvalue weighted by Gasteiger charge is -2.04. The molecule has 9 heteroatoms. The molecular weight excluding hydrogens is 290 g/mol. The zero-order chi connectivity index (χ0) is 14.1. The van der Waals surface area contributed by atoms with Crippen LogP contribution in [-0.2, 0) is 0 Å². The van der Waals surface area contributed by atoms with Gasteiger partial charge in [-0.15, -0.1) is 0 Å². The fraction of sp³-hybridized carbons (Fsp3) is 0. The van der Waals surface area contributed by atoms with Crippen LogP contribution in [0.2, 0.25) is 5.28 Å². The summed E-state index contributed by atoms with van der Waals surface area (Å²) in [7, 11) is 0. The van der Waals surface area contributed by atoms with Crippen molar-refractivity contribution in [2.24, 2.45) is 0 Å². The van der Waals surface area contributed by atoms with Crippen molar-refractivity contribution in [1.82, 2.24) is 29.7 Å². The molecule has 0 saturated carbocycles. The highest BCUT2D eigenvalue weighted by Gasteiger charge is 2.11. The van der Waals surface area contributed by atoms with E-state index in [1.54, 1.807) is 0 Å². The van der Waals surface area contributed by atoms with E-state index in [1.807, 2.05) is 0 Å². The first kappa shape index (κ1) is 12.5. The summed E-state index contributed by atoms with van der Waals surface area (Å²) < 4.78 is 27.4. The van der Waals surface area contributed by atoms with Gasteiger partial charge in [-0.3, -0.25) is 0 Å². The van der Waals surface area contributed by atoms with Crippen molar-refractivity contribution in [2.75, 3.05) is 0 Å². The minimum atomic E-state index is -0.999. The summed E-state index contributed by atoms with van der Waals surface area (Å²) in [4.78, 5) is 15.6. The minimum absolute atomic E-state index is 0.0924. The highest BCUT2D eigenvalue weighted by molar-refractivity contribution is 6.28. The molecule has 100 valence electrons. The number of aromatic nitrogens is 6. The van der Waals surface area contributed by atoms with Gasteiger partial charge in [0.15, 0.2) is 17.5 Å². The zero-order valence-electron chi connectivity index (χ0n) is 9.70. The highest BCUT2D eigenvalue weighted by Crippen LogP contribution is 2.19. The molecule has 0 aliphatic heterocycles. The van der Waals surface area contributed by atoms with Crippen molar-refractivity contribution < 1.29 is 8.78 Å². The maximum Gasteiger partial charge on any atom is 0.256 e. The Morgan fingerprint density at radius 2 is 1.90 bits per heavy atom. The van der Waals surface area contributed by atoms with Crippen LogP contribution in [0, 0.1) is 11.6 Å². The molecule has 0 unspecified atom stereocenters. The maximum absolute atomic E-state index is 13.2. The van der Waals surface area contributed by atoms with E-state index < -0.39 is 11.6 Å². The Balaban J connectivity index is 2.12. The molecule has 0 bridgehead atoms. The molecule has 3 rings (SSSR count). The monoisotopic (exact) mass is 294 g/mol. The van der Waals surface area contributed by atoms with E-state index in [9.17, 15) is 8.78 Å². The topological polar surface area (TPSA) is 69.4 Å². The van der Waals surface area contributed by atoms with Crippen LogP contribution in [-0.4, -0.2) is 29.7 Å². The molecule has 0 N–H and O–H groups in total. The van der Waals surface area contributed by atoms with Gasteiger partial charge in [0.2, 0.25) is 5.28 Å². The molecule has 0 fully saturated rings. The first-order valence-corrected chi connectivity index (χ1v) is 5.73. The van der Waals surface area contributed by atoms with E-state index in [2.05, 4.69) is 25.0 Å². The van der Waals surface area contributed by atoms with Crippen LogP contribution in [0.25, 0.3) is 17.3 Å². The van der Waals surface area contributed by atoms with Crippen molar-refractivity contribution in [3.05, 3.63) is 47.8 Å². The second kappa shape index (κ2) is 4.89. The fourth-order valence-corrected chi connectivity index (χ4v) is 1.67. The van der Waals surface area contributed by atoms with E-state index in [-0.39, 0.29) is 22.6 Å². The Labute approximate surface area is 116 Å². The van der Waals surface area contributed by atoms with Gasteiger partial charge in [0.25, 0.3) is 5.95 Å². The molecule has 6 nitrogen and oxygen atoms in total. The van der Waals surface area contributed by atoms with Crippen molar-refractivity contribution in [3.63, 3.8) is 0 Å². The largest absolute Gasteiger partial charge is 0.256 e. The van der Waals surface area contributed by atoms with Crippen molar-refractivity contribution in [2.45, 2.75) is 0 Å². The molecule has 0 aliphatic carbocycles. The van der Waals surface area contributed by atoms with Crippen LogP contribution < -0.4 is 0 Å². The smallest absolute Gasteiger partial charge is 0.223 e. The van der Waals surface area contributed by atoms with Gasteiger partial charge in [0, 0.05) is 5.56 Å². The van der Waals surface area contributed by atoms with Gasteiger partial charge in [-0.1, -0.05) is 0 Å². The predicted molar refractivity (Wildman–Crippen MR) is 65.1 cm³/mol. The van der Waals surface area contributed by atoms with E-state index in [0.29, 0.717) is 0 Å². The van der Waals surface area contributed by atoms with Gasteiger partial charge >= 0.3 is 0 Å². The van der Waals surface area contributed by atoms with Crippen molar-refractivity contribution in [1.29, 1.82) is 0 Å². The first-order chi connectivity index (χ1) is 9.63. The van der Waals surface area contributed by atoms with Crippen LogP contribution in [0.1, 0.15) is 0 Å². The lowest BCUT2D eigenvalue weighted by molar-refractivity contribution is 0.509. The molecule has 1 aromatic carbocycles. The molecule has 3 aromatic rings. The van der Waals surface area contributed by atoms with Crippen LogP contribution >= 0.6 is 11.6 Å². The third-order valence-corrected chi connectivity index (χ3v) is 2.57. The standard InChI is InChI=1S/C11H5ClF2N6/c12-10-17-9(6-1-2-7(13)8(14)3-6)18-11(19-10)20-5-15-4-16-20/h1-5H. The Morgan fingerprint density at radius 3 is 2.60 bits per heavy atom. The predicted octanol–water partition coefficient (Wildman–Crippen LogP) is 2.05. The van der Waals surface area contributed by atoms with Gasteiger partial charge in [-0.05, 0) is 29.8 Å². The van der Waals surface area contributed by atoms with Crippen LogP contribution in [0.5, 0.6) is 0 Å². The molecular formula is C11H5ClF2N6. The Morgan fingerprint density at radius 1 is 1.05 bits per heavy atom. The SMILES string of the molecule is Fc1ccc(-c2nc(Cl)nc(-n3cncn3)n2)cc1F. The summed E-state index contributed by atoms with van der Waals surface area (Å²) in [5, 5.41) is 3.76. The Bertz CT molecular complexity index is 762. The third kappa shape index (κ3) is 2.32. The lowest BCUT2D eigenvalue weighted by Crippen LogP contribution is -2.05. The molecule has 2 heterocycles. The maximum atomic E-state index is 13.2. The normalized spacial score (nSPS) is 10.8. The number of nitrogens with zero attached hydrogens (tertiary/aromatic N) is 6. The van der Waals surface area contributed by atoms with E-state index >= 15 is 0 Å². The molecule has 0 atom stereocenters. The summed E-state index contributed by atoms with van der Waals surface area (Å²) >= 11 is 5.80. The van der Waals surface area contributed by atoms with Crippen molar-refractivity contribution >= 4 is 11.6 Å². The molecule has 0 spiro atoms. The summed E-state index contributed by atoms with van der Waals surface area (Å²) in [6.07, 6.45) is 2.68. The molecule has 0 saturated heterocycles. The van der Waals surface area contributed by atoms with E-state index in [1.165, 1.54) is 23.4 Å². The number of benzene rings is 1. The summed E-state index contributed by atoms with van der Waals surface area (Å²) in [5.74, 6) is -1.72. The zero-order valence-corrected chi connectivity index (χ0v) is 10.5. The Kier molecular flexibility index (Phi) is 3.07. The number of hydrogen-bond acceptors (Lipinski definition) is 5. The van der Waals surface area contributed by atoms with Crippen molar-refractivity contribution in [3.8, 4) is 17.3 Å². The van der Waals surface area contributed by atoms with E-state index in [4.69, 9.17) is 11.6 Å². The fourth-order valence-electron chi connectivity index (χ4n) is 1.52. The second-order valence-corrected chi connectivity index (χ2v) is 4.04. The number of rotatable bonds is 2. The second-order valence-electron chi connectivity index (χ2n) is 3.70. The number of hydrogen-bond donors (Lipinski definition) is 0. The van der Waals surface area contributed by atoms with E-state index in [0.717, 1.165) is 12.1 Å². The van der Waals surface area contributed by atoms with Gasteiger partial charge < -0.3 is 0 Å². The lowest BCUT2D eigenvalue weighted by atomic mass is 10.2. The average molecular weight is 295 g/mol. The molecule has 0 radical (unpaired) electrons. The highest BCUT2D eigenvalue weighted by atomic mass is 35.5. The molecule has 0 aliphatic rings. The first-order valence-electron chi connectivity index (χ1n) is 5.35. The van der Waals surface area contributed by atoms with Gasteiger partial charge in [-0.25, -0.2) is 13.8 Å². The number of halogens is 3. The summed E-state index contributed by atoms with van der Waals surface area (Å²) in [6.45, 7) is 0. The van der Waals surface area contributed by atoms with Crippen LogP contribution in [0.4, 0.5) is 8.78 Å². The van der Waals surface area contributed by atoms with Gasteiger partial charge in [0.1, 0.15) is 12.7 Å². The quantitative estimate of drug-likeness (QED) is 0.723. The molecule has 20 heavy (non-hydrogen) atoms. The summed E-state index contributed by atoms with van der Waals surface area (Å²) in [6, 6.07) is 3.30. The minimum Gasteiger partial charge on any atom is -0.223 e.